The molecule has 1 aromatic heterocycles. The molecule has 1 N–H and O–H groups in total. The molecule has 24 heavy (non-hydrogen) atoms. The molecule has 1 aliphatic heterocycles. The summed E-state index contributed by atoms with van der Waals surface area (Å²) in [6.07, 6.45) is 2.32. The van der Waals surface area contributed by atoms with Crippen LogP contribution >= 0.6 is 0 Å². The van der Waals surface area contributed by atoms with Crippen LogP contribution in [0.15, 0.2) is 6.07 Å². The molecule has 0 unspecified atom stereocenters. The van der Waals surface area contributed by atoms with E-state index in [2.05, 4.69) is 5.10 Å². The van der Waals surface area contributed by atoms with Crippen molar-refractivity contribution in [2.45, 2.75) is 39.7 Å². The molecule has 7 nitrogen and oxygen atoms in total. The number of quaternary nitrogens is 1. The summed E-state index contributed by atoms with van der Waals surface area (Å²) in [5, 5.41) is 4.33. The number of carbonyl (C=O) groups is 2. The number of carbonyl (C=O) groups excluding carboxylic acids is 2. The number of hydrogen-bond donors (Lipinski definition) is 1. The molecule has 0 atom stereocenters. The first-order valence-corrected chi connectivity index (χ1v) is 8.76. The normalized spacial score (nSPS) is 14.8. The van der Waals surface area contributed by atoms with Gasteiger partial charge in [0.25, 0.3) is 0 Å². The maximum atomic E-state index is 12.5. The summed E-state index contributed by atoms with van der Waals surface area (Å²) in [5.41, 5.74) is 1.90. The molecule has 0 radical (unpaired) electrons. The average molecular weight is 337 g/mol. The van der Waals surface area contributed by atoms with Crippen LogP contribution in [0.4, 0.5) is 0 Å². The number of hydrogen-bond acceptors (Lipinski definition) is 4. The van der Waals surface area contributed by atoms with E-state index in [-0.39, 0.29) is 12.3 Å². The number of ether oxygens (including phenoxy) is 1. The molecule has 0 saturated carbocycles. The first-order valence-electron chi connectivity index (χ1n) is 8.76. The molecule has 1 amide bonds. The summed E-state index contributed by atoms with van der Waals surface area (Å²) in [6, 6.07) is 1.98. The van der Waals surface area contributed by atoms with Crippen molar-refractivity contribution in [3.63, 3.8) is 0 Å². The molecule has 134 valence electrons. The van der Waals surface area contributed by atoms with Crippen molar-refractivity contribution in [2.24, 2.45) is 7.05 Å². The van der Waals surface area contributed by atoms with Crippen LogP contribution < -0.4 is 4.90 Å². The van der Waals surface area contributed by atoms with Crippen molar-refractivity contribution in [2.75, 3.05) is 32.8 Å². The quantitative estimate of drug-likeness (QED) is 0.522. The van der Waals surface area contributed by atoms with Crippen molar-refractivity contribution >= 4 is 11.9 Å². The average Bonchev–Trinajstić information content (AvgIpc) is 3.13. The summed E-state index contributed by atoms with van der Waals surface area (Å²) in [7, 11) is 1.88. The largest absolute Gasteiger partial charge is 0.466 e. The van der Waals surface area contributed by atoms with E-state index in [0.717, 1.165) is 17.9 Å². The topological polar surface area (TPSA) is 68.9 Å². The number of nitrogens with one attached hydrogen (secondary N) is 1. The second-order valence-electron chi connectivity index (χ2n) is 6.40. The first kappa shape index (κ1) is 18.4. The van der Waals surface area contributed by atoms with Crippen molar-refractivity contribution in [3.05, 3.63) is 17.5 Å². The van der Waals surface area contributed by atoms with E-state index < -0.39 is 5.97 Å². The zero-order valence-corrected chi connectivity index (χ0v) is 15.0. The number of likely N-dealkylation sites (tertiary alicyclic amines) is 1. The van der Waals surface area contributed by atoms with Gasteiger partial charge in [-0.1, -0.05) is 0 Å². The number of nitrogens with zero attached hydrogens (tertiary/aromatic N) is 3. The standard InChI is InChI=1S/C17H28N4O3/c1-4-24-17(23)12-16(22)21(10-9-20-7-5-6-8-20)13-15-11-14(2)18-19(15)3/h11H,4-10,12-13H2,1-3H3/p+1. The van der Waals surface area contributed by atoms with Gasteiger partial charge in [0.1, 0.15) is 6.42 Å². The van der Waals surface area contributed by atoms with E-state index >= 15 is 0 Å². The Morgan fingerprint density at radius 1 is 1.38 bits per heavy atom. The van der Waals surface area contributed by atoms with E-state index in [1.807, 2.05) is 20.0 Å². The smallest absolute Gasteiger partial charge is 0.315 e. The summed E-state index contributed by atoms with van der Waals surface area (Å²) in [4.78, 5) is 27.5. The highest BCUT2D eigenvalue weighted by Crippen LogP contribution is 2.08. The Hall–Kier alpha value is -1.89. The minimum Gasteiger partial charge on any atom is -0.466 e. The van der Waals surface area contributed by atoms with Gasteiger partial charge in [0.15, 0.2) is 0 Å². The zero-order valence-electron chi connectivity index (χ0n) is 15.0. The van der Waals surface area contributed by atoms with Gasteiger partial charge in [-0.25, -0.2) is 0 Å². The zero-order chi connectivity index (χ0) is 17.5. The van der Waals surface area contributed by atoms with Crippen molar-refractivity contribution < 1.29 is 19.2 Å². The molecule has 7 heteroatoms. The monoisotopic (exact) mass is 337 g/mol. The molecule has 0 spiro atoms. The van der Waals surface area contributed by atoms with Crippen LogP contribution in [0, 0.1) is 6.92 Å². The summed E-state index contributed by atoms with van der Waals surface area (Å²) >= 11 is 0. The number of aromatic nitrogens is 2. The third-order valence-corrected chi connectivity index (χ3v) is 4.45. The molecule has 1 saturated heterocycles. The highest BCUT2D eigenvalue weighted by Gasteiger charge is 2.23. The van der Waals surface area contributed by atoms with Crippen molar-refractivity contribution in [3.8, 4) is 0 Å². The van der Waals surface area contributed by atoms with Gasteiger partial charge in [-0.2, -0.15) is 5.10 Å². The molecule has 1 fully saturated rings. The van der Waals surface area contributed by atoms with E-state index in [0.29, 0.717) is 19.7 Å². The van der Waals surface area contributed by atoms with Crippen LogP contribution in [0.5, 0.6) is 0 Å². The Morgan fingerprint density at radius 3 is 2.67 bits per heavy atom. The van der Waals surface area contributed by atoms with E-state index in [1.54, 1.807) is 16.5 Å². The molecule has 1 aromatic rings. The van der Waals surface area contributed by atoms with Crippen molar-refractivity contribution in [1.82, 2.24) is 14.7 Å². The van der Waals surface area contributed by atoms with E-state index in [4.69, 9.17) is 4.74 Å². The lowest BCUT2D eigenvalue weighted by atomic mass is 10.3. The minimum atomic E-state index is -0.456. The second kappa shape index (κ2) is 8.82. The number of rotatable bonds is 8. The maximum Gasteiger partial charge on any atom is 0.315 e. The van der Waals surface area contributed by atoms with Gasteiger partial charge in [0.05, 0.1) is 50.7 Å². The molecular formula is C17H29N4O3+. The Morgan fingerprint density at radius 2 is 2.08 bits per heavy atom. The predicted molar refractivity (Wildman–Crippen MR) is 89.4 cm³/mol. The van der Waals surface area contributed by atoms with Crippen LogP contribution in [-0.4, -0.2) is 59.3 Å². The Balaban J connectivity index is 2.00. The molecule has 1 aliphatic rings. The highest BCUT2D eigenvalue weighted by atomic mass is 16.5. The maximum absolute atomic E-state index is 12.5. The van der Waals surface area contributed by atoms with Gasteiger partial charge < -0.3 is 14.5 Å². The van der Waals surface area contributed by atoms with Gasteiger partial charge in [-0.15, -0.1) is 0 Å². The number of amides is 1. The molecule has 2 rings (SSSR count). The Kier molecular flexibility index (Phi) is 6.78. The van der Waals surface area contributed by atoms with Gasteiger partial charge in [0, 0.05) is 19.9 Å². The van der Waals surface area contributed by atoms with Crippen LogP contribution in [0.3, 0.4) is 0 Å². The molecule has 2 heterocycles. The van der Waals surface area contributed by atoms with Crippen molar-refractivity contribution in [1.29, 1.82) is 0 Å². The van der Waals surface area contributed by atoms with Crippen LogP contribution in [-0.2, 0) is 27.9 Å². The number of esters is 1. The molecule has 0 aromatic carbocycles. The lowest BCUT2D eigenvalue weighted by molar-refractivity contribution is -0.886. The van der Waals surface area contributed by atoms with Gasteiger partial charge in [0.2, 0.25) is 5.91 Å². The summed E-state index contributed by atoms with van der Waals surface area (Å²) < 4.78 is 6.70. The summed E-state index contributed by atoms with van der Waals surface area (Å²) in [6.45, 7) is 8.37. The molecule has 0 aliphatic carbocycles. The Labute approximate surface area is 143 Å². The fourth-order valence-corrected chi connectivity index (χ4v) is 3.17. The third-order valence-electron chi connectivity index (χ3n) is 4.45. The van der Waals surface area contributed by atoms with E-state index in [1.165, 1.54) is 30.8 Å². The van der Waals surface area contributed by atoms with Crippen LogP contribution in [0.2, 0.25) is 0 Å². The third kappa shape index (κ3) is 5.33. The fraction of sp³-hybridized carbons (Fsp3) is 0.706. The van der Waals surface area contributed by atoms with Gasteiger partial charge in [-0.3, -0.25) is 14.3 Å². The fourth-order valence-electron chi connectivity index (χ4n) is 3.17. The second-order valence-corrected chi connectivity index (χ2v) is 6.40. The van der Waals surface area contributed by atoms with Gasteiger partial charge in [-0.05, 0) is 19.9 Å². The van der Waals surface area contributed by atoms with Crippen LogP contribution in [0.1, 0.15) is 37.6 Å². The molecular weight excluding hydrogens is 308 g/mol. The Bertz CT molecular complexity index is 564. The number of aryl methyl sites for hydroxylation is 2. The first-order chi connectivity index (χ1) is 11.5. The van der Waals surface area contributed by atoms with Gasteiger partial charge >= 0.3 is 5.97 Å². The predicted octanol–water partition coefficient (Wildman–Crippen LogP) is -0.311. The minimum absolute atomic E-state index is 0.175. The van der Waals surface area contributed by atoms with E-state index in [9.17, 15) is 9.59 Å². The lowest BCUT2D eigenvalue weighted by Gasteiger charge is -2.24. The molecule has 0 bridgehead atoms. The summed E-state index contributed by atoms with van der Waals surface area (Å²) in [5.74, 6) is -0.631. The highest BCUT2D eigenvalue weighted by molar-refractivity contribution is 5.94. The van der Waals surface area contributed by atoms with Crippen LogP contribution in [0.25, 0.3) is 0 Å². The SMILES string of the molecule is CCOC(=O)CC(=O)N(CC[NH+]1CCCC1)Cc1cc(C)nn1C. The lowest BCUT2D eigenvalue weighted by Crippen LogP contribution is -3.10.